The summed E-state index contributed by atoms with van der Waals surface area (Å²) in [4.78, 5) is 3.99. The third-order valence-electron chi connectivity index (χ3n) is 2.88. The number of hydrogen-bond acceptors (Lipinski definition) is 2. The fourth-order valence-corrected chi connectivity index (χ4v) is 1.73. The summed E-state index contributed by atoms with van der Waals surface area (Å²) in [6, 6.07) is 4.18. The lowest BCUT2D eigenvalue weighted by Crippen LogP contribution is -2.14. The quantitative estimate of drug-likeness (QED) is 0.779. The van der Waals surface area contributed by atoms with Gasteiger partial charge in [0.25, 0.3) is 0 Å². The maximum absolute atomic E-state index is 6.12. The molecule has 14 heavy (non-hydrogen) atoms. The van der Waals surface area contributed by atoms with Gasteiger partial charge in [-0.3, -0.25) is 4.98 Å². The van der Waals surface area contributed by atoms with E-state index in [4.69, 9.17) is 5.73 Å². The number of aromatic nitrogens is 1. The number of hydrogen-bond donors (Lipinski definition) is 1. The van der Waals surface area contributed by atoms with E-state index in [9.17, 15) is 0 Å². The van der Waals surface area contributed by atoms with Crippen LogP contribution in [-0.2, 0) is 0 Å². The van der Waals surface area contributed by atoms with Crippen LogP contribution < -0.4 is 5.73 Å². The fraction of sp³-hybridized carbons (Fsp3) is 0.583. The predicted molar refractivity (Wildman–Crippen MR) is 59.9 cm³/mol. The monoisotopic (exact) mass is 192 g/mol. The first-order valence-corrected chi connectivity index (χ1v) is 5.43. The molecule has 2 nitrogen and oxygen atoms in total. The van der Waals surface area contributed by atoms with E-state index in [1.165, 1.54) is 18.4 Å². The summed E-state index contributed by atoms with van der Waals surface area (Å²) in [5.41, 5.74) is 7.32. The van der Waals surface area contributed by atoms with Crippen LogP contribution in [0.3, 0.4) is 0 Å². The van der Waals surface area contributed by atoms with Gasteiger partial charge < -0.3 is 5.73 Å². The molecule has 1 atom stereocenters. The average Bonchev–Trinajstić information content (AvgIpc) is 2.26. The molecule has 2 heteroatoms. The first kappa shape index (κ1) is 11.2. The summed E-state index contributed by atoms with van der Waals surface area (Å²) < 4.78 is 0. The van der Waals surface area contributed by atoms with Crippen molar-refractivity contribution in [3.05, 3.63) is 30.1 Å². The molecule has 0 saturated heterocycles. The van der Waals surface area contributed by atoms with Gasteiger partial charge in [0.1, 0.15) is 0 Å². The first-order chi connectivity index (χ1) is 6.77. The lowest BCUT2D eigenvalue weighted by Gasteiger charge is -2.18. The van der Waals surface area contributed by atoms with E-state index in [0.29, 0.717) is 0 Å². The topological polar surface area (TPSA) is 38.9 Å². The molecule has 0 aliphatic carbocycles. The summed E-state index contributed by atoms with van der Waals surface area (Å²) in [6.07, 6.45) is 7.13. The molecule has 0 aliphatic rings. The van der Waals surface area contributed by atoms with Gasteiger partial charge >= 0.3 is 0 Å². The van der Waals surface area contributed by atoms with E-state index < -0.39 is 0 Å². The Balaban J connectivity index is 2.54. The molecule has 0 fully saturated rings. The molecule has 0 spiro atoms. The second kappa shape index (κ2) is 5.76. The molecule has 0 aromatic carbocycles. The largest absolute Gasteiger partial charge is 0.324 e. The molecule has 2 N–H and O–H groups in total. The normalized spacial score (nSPS) is 13.1. The van der Waals surface area contributed by atoms with Crippen molar-refractivity contribution < 1.29 is 0 Å². The SMILES string of the molecule is CCC(CC)CC(N)c1ccncc1. The van der Waals surface area contributed by atoms with Crippen LogP contribution in [0.5, 0.6) is 0 Å². The number of nitrogens with two attached hydrogens (primary N) is 1. The van der Waals surface area contributed by atoms with Crippen molar-refractivity contribution in [1.82, 2.24) is 4.98 Å². The summed E-state index contributed by atoms with van der Waals surface area (Å²) in [6.45, 7) is 4.46. The van der Waals surface area contributed by atoms with E-state index in [1.807, 2.05) is 24.5 Å². The van der Waals surface area contributed by atoms with Gasteiger partial charge in [0, 0.05) is 18.4 Å². The highest BCUT2D eigenvalue weighted by Crippen LogP contribution is 2.22. The van der Waals surface area contributed by atoms with Gasteiger partial charge in [-0.05, 0) is 30.0 Å². The Morgan fingerprint density at radius 1 is 1.21 bits per heavy atom. The fourth-order valence-electron chi connectivity index (χ4n) is 1.73. The van der Waals surface area contributed by atoms with Crippen LogP contribution in [0.1, 0.15) is 44.7 Å². The van der Waals surface area contributed by atoms with E-state index in [0.717, 1.165) is 12.3 Å². The van der Waals surface area contributed by atoms with Crippen LogP contribution in [0.4, 0.5) is 0 Å². The van der Waals surface area contributed by atoms with Crippen molar-refractivity contribution in [1.29, 1.82) is 0 Å². The van der Waals surface area contributed by atoms with Crippen molar-refractivity contribution in [2.24, 2.45) is 11.7 Å². The maximum atomic E-state index is 6.12. The smallest absolute Gasteiger partial charge is 0.0298 e. The van der Waals surface area contributed by atoms with Crippen molar-refractivity contribution in [2.45, 2.75) is 39.2 Å². The van der Waals surface area contributed by atoms with Gasteiger partial charge in [-0.25, -0.2) is 0 Å². The van der Waals surface area contributed by atoms with E-state index in [-0.39, 0.29) is 6.04 Å². The molecule has 0 bridgehead atoms. The molecule has 78 valence electrons. The predicted octanol–water partition coefficient (Wildman–Crippen LogP) is 2.91. The number of pyridine rings is 1. The highest BCUT2D eigenvalue weighted by Gasteiger charge is 2.11. The lowest BCUT2D eigenvalue weighted by molar-refractivity contribution is 0.414. The maximum Gasteiger partial charge on any atom is 0.0298 e. The van der Waals surface area contributed by atoms with Gasteiger partial charge in [0.2, 0.25) is 0 Å². The first-order valence-electron chi connectivity index (χ1n) is 5.43. The minimum atomic E-state index is 0.169. The van der Waals surface area contributed by atoms with Crippen LogP contribution in [0.2, 0.25) is 0 Å². The molecule has 1 unspecified atom stereocenters. The molecule has 0 aliphatic heterocycles. The Kier molecular flexibility index (Phi) is 4.60. The zero-order valence-corrected chi connectivity index (χ0v) is 9.11. The Morgan fingerprint density at radius 2 is 1.79 bits per heavy atom. The molecule has 1 aromatic heterocycles. The van der Waals surface area contributed by atoms with Crippen LogP contribution in [0.15, 0.2) is 24.5 Å². The van der Waals surface area contributed by atoms with Gasteiger partial charge in [0.05, 0.1) is 0 Å². The van der Waals surface area contributed by atoms with Crippen molar-refractivity contribution in [2.75, 3.05) is 0 Å². The molecule has 1 heterocycles. The van der Waals surface area contributed by atoms with Crippen LogP contribution in [-0.4, -0.2) is 4.98 Å². The highest BCUT2D eigenvalue weighted by molar-refractivity contribution is 5.14. The summed E-state index contributed by atoms with van der Waals surface area (Å²) >= 11 is 0. The molecular weight excluding hydrogens is 172 g/mol. The summed E-state index contributed by atoms with van der Waals surface area (Å²) in [5, 5.41) is 0. The summed E-state index contributed by atoms with van der Waals surface area (Å²) in [7, 11) is 0. The Hall–Kier alpha value is -0.890. The lowest BCUT2D eigenvalue weighted by atomic mass is 9.92. The van der Waals surface area contributed by atoms with Gasteiger partial charge in [-0.2, -0.15) is 0 Å². The van der Waals surface area contributed by atoms with E-state index in [2.05, 4.69) is 18.8 Å². The molecule has 0 radical (unpaired) electrons. The van der Waals surface area contributed by atoms with Crippen LogP contribution in [0.25, 0.3) is 0 Å². The van der Waals surface area contributed by atoms with Gasteiger partial charge in [0.15, 0.2) is 0 Å². The summed E-state index contributed by atoms with van der Waals surface area (Å²) in [5.74, 6) is 0.748. The highest BCUT2D eigenvalue weighted by atomic mass is 14.7. The zero-order valence-electron chi connectivity index (χ0n) is 9.11. The van der Waals surface area contributed by atoms with Crippen molar-refractivity contribution >= 4 is 0 Å². The zero-order chi connectivity index (χ0) is 10.4. The van der Waals surface area contributed by atoms with Gasteiger partial charge in [-0.1, -0.05) is 26.7 Å². The third kappa shape index (κ3) is 3.11. The Bertz CT molecular complexity index is 242. The number of rotatable bonds is 5. The van der Waals surface area contributed by atoms with E-state index in [1.54, 1.807) is 0 Å². The third-order valence-corrected chi connectivity index (χ3v) is 2.88. The molecule has 1 aromatic rings. The van der Waals surface area contributed by atoms with Crippen molar-refractivity contribution in [3.8, 4) is 0 Å². The molecule has 0 saturated carbocycles. The molecular formula is C12H20N2. The van der Waals surface area contributed by atoms with E-state index >= 15 is 0 Å². The van der Waals surface area contributed by atoms with Crippen LogP contribution >= 0.6 is 0 Å². The average molecular weight is 192 g/mol. The standard InChI is InChI=1S/C12H20N2/c1-3-10(4-2)9-12(13)11-5-7-14-8-6-11/h5-8,10,12H,3-4,9,13H2,1-2H3. The minimum Gasteiger partial charge on any atom is -0.324 e. The Morgan fingerprint density at radius 3 is 2.29 bits per heavy atom. The number of nitrogens with zero attached hydrogens (tertiary/aromatic N) is 1. The molecule has 1 rings (SSSR count). The van der Waals surface area contributed by atoms with Gasteiger partial charge in [-0.15, -0.1) is 0 Å². The Labute approximate surface area is 86.5 Å². The minimum absolute atomic E-state index is 0.169. The second-order valence-corrected chi connectivity index (χ2v) is 3.81. The van der Waals surface area contributed by atoms with Crippen molar-refractivity contribution in [3.63, 3.8) is 0 Å². The second-order valence-electron chi connectivity index (χ2n) is 3.81. The molecule has 0 amide bonds. The van der Waals surface area contributed by atoms with Crippen LogP contribution in [0, 0.1) is 5.92 Å².